The molecule has 1 aromatic carbocycles. The van der Waals surface area contributed by atoms with Crippen molar-refractivity contribution in [3.05, 3.63) is 29.0 Å². The van der Waals surface area contributed by atoms with Crippen LogP contribution in [-0.2, 0) is 10.1 Å². The maximum absolute atomic E-state index is 12.4. The second kappa shape index (κ2) is 3.01. The first kappa shape index (κ1) is 9.44. The van der Waals surface area contributed by atoms with Gasteiger partial charge in [0.25, 0.3) is 0 Å². The van der Waals surface area contributed by atoms with Gasteiger partial charge in [-0.15, -0.1) is 0 Å². The molecule has 0 aromatic heterocycles. The SMILES string of the molecule is O=S(=O)([O-])c1ccc(F)cc1Cl. The van der Waals surface area contributed by atoms with Crippen molar-refractivity contribution in [3.63, 3.8) is 0 Å². The van der Waals surface area contributed by atoms with Crippen LogP contribution < -0.4 is 0 Å². The quantitative estimate of drug-likeness (QED) is 0.657. The van der Waals surface area contributed by atoms with Crippen molar-refractivity contribution >= 4 is 21.7 Å². The van der Waals surface area contributed by atoms with Gasteiger partial charge in [0.15, 0.2) is 0 Å². The van der Waals surface area contributed by atoms with E-state index in [9.17, 15) is 17.4 Å². The number of hydrogen-bond donors (Lipinski definition) is 0. The average molecular weight is 210 g/mol. The highest BCUT2D eigenvalue weighted by molar-refractivity contribution is 7.85. The molecule has 0 unspecified atom stereocenters. The van der Waals surface area contributed by atoms with Gasteiger partial charge in [0.05, 0.1) is 9.92 Å². The Labute approximate surface area is 73.5 Å². The zero-order chi connectivity index (χ0) is 9.35. The molecule has 66 valence electrons. The second-order valence-electron chi connectivity index (χ2n) is 2.03. The summed E-state index contributed by atoms with van der Waals surface area (Å²) in [7, 11) is -4.60. The third-order valence-electron chi connectivity index (χ3n) is 1.16. The summed E-state index contributed by atoms with van der Waals surface area (Å²) in [6.45, 7) is 0. The Kier molecular flexibility index (Phi) is 2.36. The number of halogens is 2. The first-order chi connectivity index (χ1) is 5.41. The zero-order valence-electron chi connectivity index (χ0n) is 5.62. The van der Waals surface area contributed by atoms with Crippen LogP contribution in [0.4, 0.5) is 4.39 Å². The molecule has 0 amide bonds. The van der Waals surface area contributed by atoms with E-state index in [0.29, 0.717) is 0 Å². The summed E-state index contributed by atoms with van der Waals surface area (Å²) >= 11 is 5.29. The van der Waals surface area contributed by atoms with Crippen LogP contribution >= 0.6 is 11.6 Å². The Morgan fingerprint density at radius 1 is 1.42 bits per heavy atom. The van der Waals surface area contributed by atoms with Crippen molar-refractivity contribution in [1.29, 1.82) is 0 Å². The van der Waals surface area contributed by atoms with Crippen LogP contribution in [-0.4, -0.2) is 13.0 Å². The van der Waals surface area contributed by atoms with E-state index in [2.05, 4.69) is 0 Å². The van der Waals surface area contributed by atoms with Gasteiger partial charge in [-0.1, -0.05) is 11.6 Å². The van der Waals surface area contributed by atoms with Gasteiger partial charge in [-0.3, -0.25) is 0 Å². The third kappa shape index (κ3) is 1.94. The lowest BCUT2D eigenvalue weighted by atomic mass is 10.3. The fraction of sp³-hybridized carbons (Fsp3) is 0. The number of benzene rings is 1. The van der Waals surface area contributed by atoms with Crippen LogP contribution in [0.15, 0.2) is 23.1 Å². The fourth-order valence-electron chi connectivity index (χ4n) is 0.678. The Hall–Kier alpha value is -0.650. The lowest BCUT2D eigenvalue weighted by Gasteiger charge is -2.07. The predicted molar refractivity (Wildman–Crippen MR) is 39.4 cm³/mol. The fourth-order valence-corrected chi connectivity index (χ4v) is 1.66. The molecule has 0 aliphatic heterocycles. The molecule has 0 saturated carbocycles. The Balaban J connectivity index is 3.39. The van der Waals surface area contributed by atoms with Crippen LogP contribution in [0.3, 0.4) is 0 Å². The molecule has 0 bridgehead atoms. The third-order valence-corrected chi connectivity index (χ3v) is 2.48. The van der Waals surface area contributed by atoms with Crippen molar-refractivity contribution in [2.75, 3.05) is 0 Å². The summed E-state index contributed by atoms with van der Waals surface area (Å²) in [5.41, 5.74) is 0. The van der Waals surface area contributed by atoms with Crippen LogP contribution in [0.1, 0.15) is 0 Å². The summed E-state index contributed by atoms with van der Waals surface area (Å²) in [5, 5.41) is -0.398. The van der Waals surface area contributed by atoms with Crippen molar-refractivity contribution in [3.8, 4) is 0 Å². The first-order valence-electron chi connectivity index (χ1n) is 2.82. The molecule has 0 atom stereocenters. The van der Waals surface area contributed by atoms with E-state index >= 15 is 0 Å². The topological polar surface area (TPSA) is 57.2 Å². The molecule has 3 nitrogen and oxygen atoms in total. The van der Waals surface area contributed by atoms with Crippen molar-refractivity contribution in [2.24, 2.45) is 0 Å². The number of rotatable bonds is 1. The summed E-state index contributed by atoms with van der Waals surface area (Å²) in [6.07, 6.45) is 0. The molecule has 0 aliphatic carbocycles. The van der Waals surface area contributed by atoms with E-state index in [1.807, 2.05) is 0 Å². The van der Waals surface area contributed by atoms with E-state index < -0.39 is 25.9 Å². The van der Waals surface area contributed by atoms with Gasteiger partial charge in [0.2, 0.25) is 0 Å². The molecular weight excluding hydrogens is 207 g/mol. The summed E-state index contributed by atoms with van der Waals surface area (Å²) < 4.78 is 43.6. The van der Waals surface area contributed by atoms with E-state index in [-0.39, 0.29) is 0 Å². The van der Waals surface area contributed by atoms with Crippen LogP contribution in [0.25, 0.3) is 0 Å². The molecule has 0 heterocycles. The molecule has 0 fully saturated rings. The van der Waals surface area contributed by atoms with Gasteiger partial charge in [-0.05, 0) is 18.2 Å². The molecule has 1 rings (SSSR count). The summed E-state index contributed by atoms with van der Waals surface area (Å²) in [5.74, 6) is -0.688. The predicted octanol–water partition coefficient (Wildman–Crippen LogP) is 1.38. The van der Waals surface area contributed by atoms with Gasteiger partial charge in [0.1, 0.15) is 15.9 Å². The van der Waals surface area contributed by atoms with Crippen LogP contribution in [0.2, 0.25) is 5.02 Å². The largest absolute Gasteiger partial charge is 0.744 e. The summed E-state index contributed by atoms with van der Waals surface area (Å²) in [4.78, 5) is -0.606. The maximum Gasteiger partial charge on any atom is 0.125 e. The molecule has 0 N–H and O–H groups in total. The van der Waals surface area contributed by atoms with Gasteiger partial charge >= 0.3 is 0 Å². The number of hydrogen-bond acceptors (Lipinski definition) is 3. The molecule has 12 heavy (non-hydrogen) atoms. The van der Waals surface area contributed by atoms with E-state index in [4.69, 9.17) is 11.6 Å². The average Bonchev–Trinajstić information content (AvgIpc) is 1.83. The Morgan fingerprint density at radius 3 is 2.42 bits per heavy atom. The minimum atomic E-state index is -4.60. The first-order valence-corrected chi connectivity index (χ1v) is 4.61. The van der Waals surface area contributed by atoms with Crippen molar-refractivity contribution in [1.82, 2.24) is 0 Å². The van der Waals surface area contributed by atoms with Crippen LogP contribution in [0.5, 0.6) is 0 Å². The van der Waals surface area contributed by atoms with Crippen molar-refractivity contribution < 1.29 is 17.4 Å². The Bertz CT molecular complexity index is 401. The monoisotopic (exact) mass is 209 g/mol. The molecular formula is C6H3ClFO3S-. The van der Waals surface area contributed by atoms with E-state index in [1.54, 1.807) is 0 Å². The lowest BCUT2D eigenvalue weighted by molar-refractivity contribution is 0.463. The van der Waals surface area contributed by atoms with Gasteiger partial charge in [0, 0.05) is 0 Å². The molecule has 0 saturated heterocycles. The smallest absolute Gasteiger partial charge is 0.125 e. The lowest BCUT2D eigenvalue weighted by Crippen LogP contribution is -1.99. The maximum atomic E-state index is 12.4. The highest BCUT2D eigenvalue weighted by Gasteiger charge is 2.07. The minimum Gasteiger partial charge on any atom is -0.744 e. The Morgan fingerprint density at radius 2 is 2.00 bits per heavy atom. The van der Waals surface area contributed by atoms with E-state index in [1.165, 1.54) is 0 Å². The highest BCUT2D eigenvalue weighted by Crippen LogP contribution is 2.21. The normalized spacial score (nSPS) is 11.6. The van der Waals surface area contributed by atoms with Crippen LogP contribution in [0, 0.1) is 5.82 Å². The second-order valence-corrected chi connectivity index (χ2v) is 3.78. The highest BCUT2D eigenvalue weighted by atomic mass is 35.5. The van der Waals surface area contributed by atoms with Gasteiger partial charge in [-0.2, -0.15) is 0 Å². The minimum absolute atomic E-state index is 0.398. The molecule has 6 heteroatoms. The zero-order valence-corrected chi connectivity index (χ0v) is 7.19. The van der Waals surface area contributed by atoms with Crippen molar-refractivity contribution in [2.45, 2.75) is 4.90 Å². The summed E-state index contributed by atoms with van der Waals surface area (Å²) in [6, 6.07) is 2.46. The molecule has 0 spiro atoms. The molecule has 0 radical (unpaired) electrons. The molecule has 0 aliphatic rings. The van der Waals surface area contributed by atoms with Gasteiger partial charge < -0.3 is 4.55 Å². The van der Waals surface area contributed by atoms with E-state index in [0.717, 1.165) is 18.2 Å². The standard InChI is InChI=1S/C6H4ClFO3S/c7-5-3-4(8)1-2-6(5)12(9,10)11/h1-3H,(H,9,10,11)/p-1. The van der Waals surface area contributed by atoms with Gasteiger partial charge in [-0.25, -0.2) is 12.8 Å². The molecule has 1 aromatic rings.